The molecule has 1 aromatic heterocycles. The molecule has 0 saturated carbocycles. The quantitative estimate of drug-likeness (QED) is 0.798. The lowest BCUT2D eigenvalue weighted by Gasteiger charge is -2.37. The van der Waals surface area contributed by atoms with Crippen LogP contribution in [0.15, 0.2) is 29.6 Å². The third kappa shape index (κ3) is 4.52. The number of thiazole rings is 1. The molecular formula is C19H20F3N3O2S. The van der Waals surface area contributed by atoms with E-state index in [4.69, 9.17) is 0 Å². The SMILES string of the molecule is CC1(C)CCCN(C(=O)c2csc(NC(=O)c3ccccc3C(F)(F)F)n2)C1. The first kappa shape index (κ1) is 20.3. The lowest BCUT2D eigenvalue weighted by molar-refractivity contribution is -0.137. The number of nitrogens with one attached hydrogen (secondary N) is 1. The zero-order valence-electron chi connectivity index (χ0n) is 15.5. The van der Waals surface area contributed by atoms with Gasteiger partial charge in [-0.3, -0.25) is 14.9 Å². The molecule has 1 aliphatic heterocycles. The number of rotatable bonds is 3. The highest BCUT2D eigenvalue weighted by atomic mass is 32.1. The summed E-state index contributed by atoms with van der Waals surface area (Å²) < 4.78 is 39.2. The topological polar surface area (TPSA) is 62.3 Å². The van der Waals surface area contributed by atoms with Gasteiger partial charge in [-0.2, -0.15) is 13.2 Å². The van der Waals surface area contributed by atoms with Crippen molar-refractivity contribution in [3.05, 3.63) is 46.5 Å². The summed E-state index contributed by atoms with van der Waals surface area (Å²) in [7, 11) is 0. The van der Waals surface area contributed by atoms with E-state index < -0.39 is 23.2 Å². The van der Waals surface area contributed by atoms with Crippen LogP contribution in [0.2, 0.25) is 0 Å². The Bertz CT molecular complexity index is 893. The van der Waals surface area contributed by atoms with Gasteiger partial charge in [0.15, 0.2) is 5.13 Å². The summed E-state index contributed by atoms with van der Waals surface area (Å²) in [5.74, 6) is -1.15. The second kappa shape index (κ2) is 7.54. The van der Waals surface area contributed by atoms with E-state index in [0.717, 1.165) is 36.3 Å². The second-order valence-corrected chi connectivity index (χ2v) is 8.39. The van der Waals surface area contributed by atoms with Crippen LogP contribution in [0.5, 0.6) is 0 Å². The molecule has 28 heavy (non-hydrogen) atoms. The summed E-state index contributed by atoms with van der Waals surface area (Å²) in [6, 6.07) is 4.54. The van der Waals surface area contributed by atoms with Crippen LogP contribution in [0.1, 0.15) is 53.1 Å². The molecule has 1 fully saturated rings. The van der Waals surface area contributed by atoms with Crippen LogP contribution in [-0.4, -0.2) is 34.8 Å². The molecule has 1 aliphatic rings. The predicted molar refractivity (Wildman–Crippen MR) is 100 cm³/mol. The Balaban J connectivity index is 1.73. The summed E-state index contributed by atoms with van der Waals surface area (Å²) in [5, 5.41) is 3.96. The molecule has 2 aromatic rings. The van der Waals surface area contributed by atoms with Crippen LogP contribution in [0.25, 0.3) is 0 Å². The fourth-order valence-electron chi connectivity index (χ4n) is 3.28. The van der Waals surface area contributed by atoms with Gasteiger partial charge in [-0.15, -0.1) is 11.3 Å². The minimum atomic E-state index is -4.64. The Hall–Kier alpha value is -2.42. The number of anilines is 1. The maximum atomic E-state index is 13.1. The van der Waals surface area contributed by atoms with Crippen molar-refractivity contribution in [1.82, 2.24) is 9.88 Å². The maximum Gasteiger partial charge on any atom is 0.417 e. The molecule has 3 rings (SSSR count). The summed E-state index contributed by atoms with van der Waals surface area (Å²) in [4.78, 5) is 30.8. The first-order chi connectivity index (χ1) is 13.1. The highest BCUT2D eigenvalue weighted by molar-refractivity contribution is 7.14. The van der Waals surface area contributed by atoms with Crippen molar-refractivity contribution in [2.75, 3.05) is 18.4 Å². The van der Waals surface area contributed by atoms with Crippen LogP contribution in [0.3, 0.4) is 0 Å². The van der Waals surface area contributed by atoms with Crippen molar-refractivity contribution in [2.45, 2.75) is 32.9 Å². The minimum Gasteiger partial charge on any atom is -0.337 e. The molecule has 0 unspecified atom stereocenters. The van der Waals surface area contributed by atoms with Gasteiger partial charge in [0.1, 0.15) is 5.69 Å². The number of carbonyl (C=O) groups excluding carboxylic acids is 2. The number of carbonyl (C=O) groups is 2. The largest absolute Gasteiger partial charge is 0.417 e. The third-order valence-corrected chi connectivity index (χ3v) is 5.37. The number of halogens is 3. The van der Waals surface area contributed by atoms with Crippen molar-refractivity contribution >= 4 is 28.3 Å². The molecule has 150 valence electrons. The van der Waals surface area contributed by atoms with Gasteiger partial charge in [0.25, 0.3) is 11.8 Å². The van der Waals surface area contributed by atoms with Crippen LogP contribution in [0, 0.1) is 5.41 Å². The first-order valence-electron chi connectivity index (χ1n) is 8.79. The monoisotopic (exact) mass is 411 g/mol. The van der Waals surface area contributed by atoms with Crippen molar-refractivity contribution in [1.29, 1.82) is 0 Å². The van der Waals surface area contributed by atoms with Crippen molar-refractivity contribution in [3.63, 3.8) is 0 Å². The van der Waals surface area contributed by atoms with E-state index >= 15 is 0 Å². The van der Waals surface area contributed by atoms with Crippen LogP contribution in [0.4, 0.5) is 18.3 Å². The first-order valence-corrected chi connectivity index (χ1v) is 9.67. The molecular weight excluding hydrogens is 391 g/mol. The van der Waals surface area contributed by atoms with E-state index in [1.165, 1.54) is 17.5 Å². The second-order valence-electron chi connectivity index (χ2n) is 7.53. The molecule has 1 N–H and O–H groups in total. The van der Waals surface area contributed by atoms with Crippen LogP contribution >= 0.6 is 11.3 Å². The van der Waals surface area contributed by atoms with Gasteiger partial charge in [0.2, 0.25) is 0 Å². The molecule has 0 spiro atoms. The fourth-order valence-corrected chi connectivity index (χ4v) is 3.96. The molecule has 2 amide bonds. The van der Waals surface area contributed by atoms with E-state index in [-0.39, 0.29) is 22.1 Å². The van der Waals surface area contributed by atoms with Gasteiger partial charge >= 0.3 is 6.18 Å². The van der Waals surface area contributed by atoms with Crippen molar-refractivity contribution < 1.29 is 22.8 Å². The number of likely N-dealkylation sites (tertiary alicyclic amines) is 1. The highest BCUT2D eigenvalue weighted by Crippen LogP contribution is 2.33. The average Bonchev–Trinajstić information content (AvgIpc) is 3.08. The van der Waals surface area contributed by atoms with E-state index in [9.17, 15) is 22.8 Å². The predicted octanol–water partition coefficient (Wildman–Crippen LogP) is 4.68. The maximum absolute atomic E-state index is 13.1. The Morgan fingerprint density at radius 1 is 1.25 bits per heavy atom. The summed E-state index contributed by atoms with van der Waals surface area (Å²) in [6.07, 6.45) is -2.70. The summed E-state index contributed by atoms with van der Waals surface area (Å²) >= 11 is 1.01. The number of hydrogen-bond acceptors (Lipinski definition) is 4. The number of aromatic nitrogens is 1. The molecule has 0 aliphatic carbocycles. The van der Waals surface area contributed by atoms with Gasteiger partial charge in [-0.25, -0.2) is 4.98 Å². The lowest BCUT2D eigenvalue weighted by Crippen LogP contribution is -2.43. The van der Waals surface area contributed by atoms with E-state index in [0.29, 0.717) is 13.1 Å². The van der Waals surface area contributed by atoms with E-state index in [1.807, 2.05) is 0 Å². The smallest absolute Gasteiger partial charge is 0.337 e. The molecule has 0 radical (unpaired) electrons. The normalized spacial score (nSPS) is 16.7. The van der Waals surface area contributed by atoms with Crippen LogP contribution in [-0.2, 0) is 6.18 Å². The van der Waals surface area contributed by atoms with E-state index in [2.05, 4.69) is 24.1 Å². The highest BCUT2D eigenvalue weighted by Gasteiger charge is 2.35. The Morgan fingerprint density at radius 2 is 1.96 bits per heavy atom. The summed E-state index contributed by atoms with van der Waals surface area (Å²) in [5.41, 5.74) is -1.30. The molecule has 0 atom stereocenters. The Morgan fingerprint density at radius 3 is 2.64 bits per heavy atom. The van der Waals surface area contributed by atoms with Crippen LogP contribution < -0.4 is 5.32 Å². The van der Waals surface area contributed by atoms with Gasteiger partial charge < -0.3 is 4.90 Å². The van der Waals surface area contributed by atoms with Crippen molar-refractivity contribution in [3.8, 4) is 0 Å². The van der Waals surface area contributed by atoms with Crippen molar-refractivity contribution in [2.24, 2.45) is 5.41 Å². The number of amides is 2. The van der Waals surface area contributed by atoms with Gasteiger partial charge in [0, 0.05) is 18.5 Å². The molecule has 1 saturated heterocycles. The zero-order valence-corrected chi connectivity index (χ0v) is 16.3. The van der Waals surface area contributed by atoms with Gasteiger partial charge in [0.05, 0.1) is 11.1 Å². The zero-order chi connectivity index (χ0) is 20.5. The van der Waals surface area contributed by atoms with E-state index in [1.54, 1.807) is 4.90 Å². The molecule has 5 nitrogen and oxygen atoms in total. The number of alkyl halides is 3. The Labute approximate surface area is 164 Å². The molecule has 9 heteroatoms. The number of piperidine rings is 1. The lowest BCUT2D eigenvalue weighted by atomic mass is 9.84. The number of benzene rings is 1. The Kier molecular flexibility index (Phi) is 5.47. The molecule has 0 bridgehead atoms. The number of nitrogens with zero attached hydrogens (tertiary/aromatic N) is 2. The van der Waals surface area contributed by atoms with Gasteiger partial charge in [-0.1, -0.05) is 26.0 Å². The average molecular weight is 411 g/mol. The minimum absolute atomic E-state index is 0.0300. The number of hydrogen-bond donors (Lipinski definition) is 1. The molecule has 1 aromatic carbocycles. The fraction of sp³-hybridized carbons (Fsp3) is 0.421. The van der Waals surface area contributed by atoms with Gasteiger partial charge in [-0.05, 0) is 30.4 Å². The standard InChI is InChI=1S/C19H20F3N3O2S/c1-18(2)8-5-9-25(11-18)16(27)14-10-28-17(23-14)24-15(26)12-6-3-4-7-13(12)19(20,21)22/h3-4,6-7,10H,5,8-9,11H2,1-2H3,(H,23,24,26). The molecule has 2 heterocycles. The third-order valence-electron chi connectivity index (χ3n) is 4.61. The summed E-state index contributed by atoms with van der Waals surface area (Å²) in [6.45, 7) is 5.44.